The maximum absolute atomic E-state index is 13.0. The van der Waals surface area contributed by atoms with Crippen molar-refractivity contribution in [1.29, 1.82) is 0 Å². The topological polar surface area (TPSA) is 231 Å². The Kier molecular flexibility index (Phi) is 81.3. The van der Waals surface area contributed by atoms with Gasteiger partial charge in [0.05, 0.1) is 26.4 Å². The van der Waals surface area contributed by atoms with Gasteiger partial charge in [-0.05, 0) is 141 Å². The van der Waals surface area contributed by atoms with Gasteiger partial charge in [0.1, 0.15) is 25.4 Å². The van der Waals surface area contributed by atoms with Crippen LogP contribution in [0.3, 0.4) is 0 Å². The SMILES string of the molecule is CC/C=C\C/C=C\C/C=C\C/C=C\C/C=C\CCCCCCCCCCCCCC(=O)OCC(COP(=O)(O)OCC(O)COP(=O)(O)OCC(O)COC(=O)CCCCCCCCCCCCCCCCC/C=C\C/C=C\C/C=C\C/C=C\CCCCC)OC(=O)CCCCCCCCC/C=C\C/C=C\C/C=C\CC. The standard InChI is InChI=1S/C93H160O16P2/c1-4-7-10-13-16-19-22-25-28-31-33-35-37-39-41-42-43-44-46-48-49-51-53-56-58-61-64-67-70-73-76-79-91(96)103-82-88(94)83-105-110(99,100)106-84-89(95)85-107-111(101,102)108-87-90(109-93(98)81-78-75-72-69-66-63-60-55-30-27-24-21-18-15-12-9-6-3)86-104-92(97)80-77-74-71-68-65-62-59-57-54-52-50-47-45-40-38-36-34-32-29-26-23-20-17-14-11-8-5-2/h8-9,11-12,16-21,25-30,33-36,39-41,45,88-90,94-95H,4-7,10,13-15,22-24,31-32,37-38,42-44,46-87H2,1-3H3,(H,99,100)(H,101,102)/b11-8-,12-9-,19-16-,20-17-,21-18-,28-25-,29-26-,30-27-,35-33-,36-34-,41-39-,45-40-. The van der Waals surface area contributed by atoms with Crippen LogP contribution in [-0.4, -0.2) is 95.9 Å². The lowest BCUT2D eigenvalue weighted by atomic mass is 10.0. The molecule has 5 unspecified atom stereocenters. The average Bonchev–Trinajstić information content (AvgIpc) is 0.906. The molecule has 0 saturated carbocycles. The second-order valence-electron chi connectivity index (χ2n) is 29.3. The van der Waals surface area contributed by atoms with Crippen LogP contribution in [0.4, 0.5) is 0 Å². The molecule has 0 aliphatic heterocycles. The first-order chi connectivity index (χ1) is 54.2. The first-order valence-electron chi connectivity index (χ1n) is 44.1. The molecule has 0 radical (unpaired) electrons. The van der Waals surface area contributed by atoms with Crippen LogP contribution in [0.15, 0.2) is 146 Å². The Labute approximate surface area is 677 Å². The lowest BCUT2D eigenvalue weighted by molar-refractivity contribution is -0.161. The minimum atomic E-state index is -4.94. The van der Waals surface area contributed by atoms with Gasteiger partial charge >= 0.3 is 33.6 Å². The van der Waals surface area contributed by atoms with Crippen molar-refractivity contribution in [2.24, 2.45) is 0 Å². The molecule has 0 aliphatic carbocycles. The highest BCUT2D eigenvalue weighted by Gasteiger charge is 2.29. The zero-order chi connectivity index (χ0) is 80.8. The third-order valence-corrected chi connectivity index (χ3v) is 20.4. The van der Waals surface area contributed by atoms with E-state index >= 15 is 0 Å². The highest BCUT2D eigenvalue weighted by Crippen LogP contribution is 2.45. The van der Waals surface area contributed by atoms with E-state index in [-0.39, 0.29) is 19.3 Å². The molecule has 0 amide bonds. The predicted molar refractivity (Wildman–Crippen MR) is 463 cm³/mol. The molecule has 0 heterocycles. The van der Waals surface area contributed by atoms with Gasteiger partial charge in [-0.15, -0.1) is 0 Å². The molecule has 0 aromatic heterocycles. The molecule has 111 heavy (non-hydrogen) atoms. The summed E-state index contributed by atoms with van der Waals surface area (Å²) in [5.74, 6) is -1.58. The molecular formula is C93H160O16P2. The van der Waals surface area contributed by atoms with Crippen LogP contribution in [0, 0.1) is 0 Å². The number of ether oxygens (including phenoxy) is 3. The van der Waals surface area contributed by atoms with E-state index in [4.69, 9.17) is 32.3 Å². The Morgan fingerprint density at radius 1 is 0.261 bits per heavy atom. The van der Waals surface area contributed by atoms with Crippen LogP contribution in [0.1, 0.15) is 367 Å². The smallest absolute Gasteiger partial charge is 0.463 e. The van der Waals surface area contributed by atoms with Gasteiger partial charge in [-0.1, -0.05) is 353 Å². The first-order valence-corrected chi connectivity index (χ1v) is 47.1. The van der Waals surface area contributed by atoms with Crippen LogP contribution in [0.5, 0.6) is 0 Å². The van der Waals surface area contributed by atoms with Gasteiger partial charge in [0.2, 0.25) is 0 Å². The fourth-order valence-electron chi connectivity index (χ4n) is 11.9. The monoisotopic (exact) mass is 1600 g/mol. The summed E-state index contributed by atoms with van der Waals surface area (Å²) in [6, 6.07) is 0. The Hall–Kier alpha value is -4.57. The maximum Gasteiger partial charge on any atom is 0.472 e. The summed E-state index contributed by atoms with van der Waals surface area (Å²) in [5, 5.41) is 20.7. The molecule has 638 valence electrons. The number of aliphatic hydroxyl groups is 2. The molecule has 5 atom stereocenters. The Morgan fingerprint density at radius 3 is 0.757 bits per heavy atom. The summed E-state index contributed by atoms with van der Waals surface area (Å²) in [5.41, 5.74) is 0. The number of rotatable bonds is 83. The maximum atomic E-state index is 13.0. The van der Waals surface area contributed by atoms with E-state index in [1.807, 2.05) is 0 Å². The average molecular weight is 1600 g/mol. The second kappa shape index (κ2) is 84.8. The number of esters is 3. The molecule has 0 spiro atoms. The van der Waals surface area contributed by atoms with Gasteiger partial charge in [0.15, 0.2) is 6.10 Å². The third-order valence-electron chi connectivity index (χ3n) is 18.5. The normalized spacial score (nSPS) is 14.5. The van der Waals surface area contributed by atoms with E-state index in [2.05, 4.69) is 167 Å². The number of carbonyl (C=O) groups excluding carboxylic acids is 3. The minimum Gasteiger partial charge on any atom is -0.463 e. The lowest BCUT2D eigenvalue weighted by Gasteiger charge is -2.21. The van der Waals surface area contributed by atoms with Gasteiger partial charge in [-0.25, -0.2) is 9.13 Å². The van der Waals surface area contributed by atoms with Crippen LogP contribution < -0.4 is 0 Å². The van der Waals surface area contributed by atoms with Crippen molar-refractivity contribution in [3.05, 3.63) is 146 Å². The summed E-state index contributed by atoms with van der Waals surface area (Å²) in [6.07, 6.45) is 106. The molecule has 0 rings (SSSR count). The largest absolute Gasteiger partial charge is 0.472 e. The minimum absolute atomic E-state index is 0.0901. The van der Waals surface area contributed by atoms with E-state index in [0.29, 0.717) is 19.3 Å². The van der Waals surface area contributed by atoms with Crippen molar-refractivity contribution in [3.8, 4) is 0 Å². The molecule has 0 saturated heterocycles. The molecule has 16 nitrogen and oxygen atoms in total. The highest BCUT2D eigenvalue weighted by atomic mass is 31.2. The van der Waals surface area contributed by atoms with Gasteiger partial charge < -0.3 is 34.2 Å². The fourth-order valence-corrected chi connectivity index (χ4v) is 13.5. The number of phosphoric acid groups is 2. The number of hydrogen-bond donors (Lipinski definition) is 4. The van der Waals surface area contributed by atoms with Gasteiger partial charge in [0, 0.05) is 19.3 Å². The number of unbranched alkanes of at least 4 members (excludes halogenated alkanes) is 36. The van der Waals surface area contributed by atoms with E-state index in [1.165, 1.54) is 141 Å². The summed E-state index contributed by atoms with van der Waals surface area (Å²) in [4.78, 5) is 58.9. The predicted octanol–water partition coefficient (Wildman–Crippen LogP) is 26.8. The molecule has 0 aliphatic rings. The van der Waals surface area contributed by atoms with E-state index in [0.717, 1.165) is 167 Å². The molecule has 0 fully saturated rings. The van der Waals surface area contributed by atoms with Crippen LogP contribution in [0.2, 0.25) is 0 Å². The zero-order valence-electron chi connectivity index (χ0n) is 70.1. The Morgan fingerprint density at radius 2 is 0.477 bits per heavy atom. The number of hydrogen-bond acceptors (Lipinski definition) is 14. The summed E-state index contributed by atoms with van der Waals surface area (Å²) < 4.78 is 61.4. The first kappa shape index (κ1) is 106. The molecular weight excluding hydrogens is 1430 g/mol. The Balaban J connectivity index is 4.53. The lowest BCUT2D eigenvalue weighted by Crippen LogP contribution is -2.30. The number of phosphoric ester groups is 2. The highest BCUT2D eigenvalue weighted by molar-refractivity contribution is 7.47. The number of allylic oxidation sites excluding steroid dienone is 24. The van der Waals surface area contributed by atoms with Crippen molar-refractivity contribution in [1.82, 2.24) is 0 Å². The number of carbonyl (C=O) groups is 3. The second-order valence-corrected chi connectivity index (χ2v) is 32.2. The summed E-state index contributed by atoms with van der Waals surface area (Å²) in [6.45, 7) is 2.46. The quantitative estimate of drug-likeness (QED) is 0.0146. The summed E-state index contributed by atoms with van der Waals surface area (Å²) in [7, 11) is -9.81. The third kappa shape index (κ3) is 86.1. The molecule has 18 heteroatoms. The molecule has 0 bridgehead atoms. The van der Waals surface area contributed by atoms with E-state index in [1.54, 1.807) is 0 Å². The van der Waals surface area contributed by atoms with Crippen molar-refractivity contribution < 1.29 is 75.8 Å². The van der Waals surface area contributed by atoms with Crippen molar-refractivity contribution in [3.63, 3.8) is 0 Å². The van der Waals surface area contributed by atoms with E-state index < -0.39 is 91.5 Å². The zero-order valence-corrected chi connectivity index (χ0v) is 71.9. The van der Waals surface area contributed by atoms with Crippen molar-refractivity contribution >= 4 is 33.6 Å². The summed E-state index contributed by atoms with van der Waals surface area (Å²) >= 11 is 0. The van der Waals surface area contributed by atoms with Crippen molar-refractivity contribution in [2.45, 2.75) is 386 Å². The fraction of sp³-hybridized carbons (Fsp3) is 0.710. The molecule has 0 aromatic carbocycles. The van der Waals surface area contributed by atoms with Gasteiger partial charge in [-0.3, -0.25) is 32.5 Å². The van der Waals surface area contributed by atoms with Gasteiger partial charge in [0.25, 0.3) is 0 Å². The van der Waals surface area contributed by atoms with Crippen LogP contribution in [0.25, 0.3) is 0 Å². The molecule has 0 aromatic rings. The Bertz CT molecular complexity index is 2600. The molecule has 4 N–H and O–H groups in total. The van der Waals surface area contributed by atoms with E-state index in [9.17, 15) is 43.5 Å². The van der Waals surface area contributed by atoms with Gasteiger partial charge in [-0.2, -0.15) is 0 Å². The number of aliphatic hydroxyl groups excluding tert-OH is 2. The van der Waals surface area contributed by atoms with Crippen LogP contribution >= 0.6 is 15.6 Å². The van der Waals surface area contributed by atoms with Crippen LogP contribution in [-0.2, 0) is 55.8 Å². The van der Waals surface area contributed by atoms with Crippen molar-refractivity contribution in [2.75, 3.05) is 39.6 Å².